The molecule has 1 aromatic heterocycles. The number of methoxy groups -OCH3 is 1. The third-order valence-electron chi connectivity index (χ3n) is 6.63. The molecule has 4 aliphatic heterocycles. The molecule has 0 aliphatic carbocycles. The van der Waals surface area contributed by atoms with E-state index in [1.807, 2.05) is 17.0 Å². The fraction of sp³-hybridized carbons (Fsp3) is 0.550. The summed E-state index contributed by atoms with van der Waals surface area (Å²) in [5, 5.41) is 7.67. The zero-order valence-corrected chi connectivity index (χ0v) is 15.7. The molecule has 0 unspecified atom stereocenters. The minimum atomic E-state index is -0.0529. The van der Waals surface area contributed by atoms with E-state index in [2.05, 4.69) is 27.3 Å². The van der Waals surface area contributed by atoms with Crippen molar-refractivity contribution in [2.45, 2.75) is 37.8 Å². The highest BCUT2D eigenvalue weighted by Crippen LogP contribution is 2.47. The Morgan fingerprint density at radius 2 is 2.04 bits per heavy atom. The molecule has 4 saturated heterocycles. The summed E-state index contributed by atoms with van der Waals surface area (Å²) in [6.45, 7) is 4.71. The van der Waals surface area contributed by atoms with Crippen molar-refractivity contribution in [1.82, 2.24) is 20.1 Å². The number of ether oxygens (including phenoxy) is 1. The second-order valence-electron chi connectivity index (χ2n) is 7.89. The average molecular weight is 368 g/mol. The molecule has 4 fully saturated rings. The smallest absolute Gasteiger partial charge is 0.278 e. The number of hydrogen-bond donors (Lipinski definition) is 0. The van der Waals surface area contributed by atoms with Crippen LogP contribution in [0.15, 0.2) is 28.9 Å². The highest BCUT2D eigenvalue weighted by Gasteiger charge is 2.55. The molecule has 7 heteroatoms. The van der Waals surface area contributed by atoms with Gasteiger partial charge in [0.25, 0.3) is 5.91 Å². The van der Waals surface area contributed by atoms with Crippen LogP contribution in [0, 0.1) is 12.8 Å². The first-order valence-corrected chi connectivity index (χ1v) is 9.65. The van der Waals surface area contributed by atoms with Crippen LogP contribution in [0.3, 0.4) is 0 Å². The first-order chi connectivity index (χ1) is 13.2. The lowest BCUT2D eigenvalue weighted by atomic mass is 9.75. The van der Waals surface area contributed by atoms with E-state index < -0.39 is 0 Å². The van der Waals surface area contributed by atoms with Crippen LogP contribution in [0.25, 0.3) is 0 Å². The van der Waals surface area contributed by atoms with E-state index in [0.717, 1.165) is 31.7 Å². The molecule has 142 valence electrons. The minimum absolute atomic E-state index is 0.0529. The summed E-state index contributed by atoms with van der Waals surface area (Å²) in [6.07, 6.45) is 2.32. The van der Waals surface area contributed by atoms with Crippen LogP contribution in [0.4, 0.5) is 0 Å². The van der Waals surface area contributed by atoms with Gasteiger partial charge in [0.15, 0.2) is 5.69 Å². The zero-order chi connectivity index (χ0) is 18.5. The van der Waals surface area contributed by atoms with Gasteiger partial charge in [-0.3, -0.25) is 9.69 Å². The number of fused-ring (bicyclic) bond motifs is 2. The van der Waals surface area contributed by atoms with Crippen molar-refractivity contribution >= 4 is 5.91 Å². The summed E-state index contributed by atoms with van der Waals surface area (Å²) in [5.74, 6) is 1.64. The second-order valence-corrected chi connectivity index (χ2v) is 7.89. The molecule has 2 aromatic rings. The van der Waals surface area contributed by atoms with Gasteiger partial charge in [-0.1, -0.05) is 17.3 Å². The molecule has 1 aromatic carbocycles. The van der Waals surface area contributed by atoms with Gasteiger partial charge in [-0.05, 0) is 61.6 Å². The van der Waals surface area contributed by atoms with Crippen molar-refractivity contribution in [3.63, 3.8) is 0 Å². The van der Waals surface area contributed by atoms with Gasteiger partial charge < -0.3 is 9.64 Å². The predicted molar refractivity (Wildman–Crippen MR) is 97.7 cm³/mol. The summed E-state index contributed by atoms with van der Waals surface area (Å²) in [6, 6.07) is 8.86. The molecule has 7 nitrogen and oxygen atoms in total. The number of rotatable bonds is 3. The second kappa shape index (κ2) is 6.34. The van der Waals surface area contributed by atoms with Crippen LogP contribution in [-0.4, -0.2) is 64.8 Å². The van der Waals surface area contributed by atoms with E-state index in [-0.39, 0.29) is 17.9 Å². The third kappa shape index (κ3) is 2.56. The van der Waals surface area contributed by atoms with E-state index in [1.165, 1.54) is 5.56 Å². The Morgan fingerprint density at radius 1 is 1.22 bits per heavy atom. The Balaban J connectivity index is 1.54. The third-order valence-corrected chi connectivity index (χ3v) is 6.63. The zero-order valence-electron chi connectivity index (χ0n) is 15.7. The predicted octanol–water partition coefficient (Wildman–Crippen LogP) is 2.09. The number of benzene rings is 1. The van der Waals surface area contributed by atoms with Crippen molar-refractivity contribution in [2.24, 2.45) is 5.92 Å². The van der Waals surface area contributed by atoms with Crippen LogP contribution >= 0.6 is 0 Å². The van der Waals surface area contributed by atoms with E-state index in [4.69, 9.17) is 9.37 Å². The normalized spacial score (nSPS) is 31.8. The van der Waals surface area contributed by atoms with Crippen molar-refractivity contribution in [3.8, 4) is 5.75 Å². The largest absolute Gasteiger partial charge is 0.497 e. The van der Waals surface area contributed by atoms with E-state index >= 15 is 0 Å². The molecule has 0 spiro atoms. The van der Waals surface area contributed by atoms with Crippen molar-refractivity contribution in [3.05, 3.63) is 41.2 Å². The number of carbonyl (C=O) groups is 1. The first kappa shape index (κ1) is 16.7. The summed E-state index contributed by atoms with van der Waals surface area (Å²) < 4.78 is 10.2. The quantitative estimate of drug-likeness (QED) is 0.826. The number of likely N-dealkylation sites (tertiary alicyclic amines) is 1. The monoisotopic (exact) mass is 368 g/mol. The molecule has 4 aliphatic rings. The standard InChI is InChI=1S/C20H24N4O3/c1-12-17(22-27-21-12)20(25)24-11-16(14-4-3-5-15(10-14)26-2)19-18(24)13-6-8-23(19)9-7-13/h3-5,10,13,16,18-19H,6-9,11H2,1-2H3/t16-,18-,19-/m1/s1. The van der Waals surface area contributed by atoms with E-state index in [1.54, 1.807) is 14.0 Å². The maximum atomic E-state index is 13.3. The fourth-order valence-corrected chi connectivity index (χ4v) is 5.38. The Morgan fingerprint density at radius 3 is 2.74 bits per heavy atom. The highest BCUT2D eigenvalue weighted by molar-refractivity contribution is 5.93. The van der Waals surface area contributed by atoms with E-state index in [0.29, 0.717) is 29.9 Å². The maximum Gasteiger partial charge on any atom is 0.278 e. The maximum absolute atomic E-state index is 13.3. The number of aromatic nitrogens is 2. The Labute approximate surface area is 158 Å². The molecule has 2 bridgehead atoms. The fourth-order valence-electron chi connectivity index (χ4n) is 5.38. The van der Waals surface area contributed by atoms with E-state index in [9.17, 15) is 4.79 Å². The Hall–Kier alpha value is -2.41. The molecule has 0 radical (unpaired) electrons. The Kier molecular flexibility index (Phi) is 3.93. The SMILES string of the molecule is COc1cccc([C@H]2CN(C(=O)c3nonc3C)[C@@H]3C4CCN(CC4)[C@H]23)c1. The molecule has 0 saturated carbocycles. The lowest BCUT2D eigenvalue weighted by Gasteiger charge is -2.51. The lowest BCUT2D eigenvalue weighted by molar-refractivity contribution is -0.00372. The van der Waals surface area contributed by atoms with Gasteiger partial charge in [0.1, 0.15) is 11.4 Å². The summed E-state index contributed by atoms with van der Waals surface area (Å²) in [4.78, 5) is 17.9. The number of carbonyl (C=O) groups excluding carboxylic acids is 1. The van der Waals surface area contributed by atoms with Gasteiger partial charge in [-0.15, -0.1) is 0 Å². The van der Waals surface area contributed by atoms with Gasteiger partial charge in [-0.25, -0.2) is 4.63 Å². The molecule has 3 atom stereocenters. The van der Waals surface area contributed by atoms with Crippen LogP contribution in [0.1, 0.15) is 40.5 Å². The minimum Gasteiger partial charge on any atom is -0.497 e. The number of nitrogens with zero attached hydrogens (tertiary/aromatic N) is 4. The van der Waals surface area contributed by atoms with Crippen LogP contribution < -0.4 is 4.74 Å². The molecule has 27 heavy (non-hydrogen) atoms. The molecule has 6 rings (SSSR count). The summed E-state index contributed by atoms with van der Waals surface area (Å²) >= 11 is 0. The first-order valence-electron chi connectivity index (χ1n) is 9.65. The highest BCUT2D eigenvalue weighted by atomic mass is 16.6. The molecule has 1 amide bonds. The number of hydrogen-bond acceptors (Lipinski definition) is 6. The number of amides is 1. The molecular weight excluding hydrogens is 344 g/mol. The average Bonchev–Trinajstić information content (AvgIpc) is 3.33. The summed E-state index contributed by atoms with van der Waals surface area (Å²) in [7, 11) is 1.69. The van der Waals surface area contributed by atoms with Crippen LogP contribution in [0.2, 0.25) is 0 Å². The molecular formula is C20H24N4O3. The topological polar surface area (TPSA) is 71.7 Å². The lowest BCUT2D eigenvalue weighted by Crippen LogP contribution is -2.60. The molecule has 0 N–H and O–H groups in total. The van der Waals surface area contributed by atoms with Gasteiger partial charge in [-0.2, -0.15) is 0 Å². The molecule has 5 heterocycles. The van der Waals surface area contributed by atoms with Gasteiger partial charge in [0.05, 0.1) is 13.2 Å². The summed E-state index contributed by atoms with van der Waals surface area (Å²) in [5.41, 5.74) is 2.14. The van der Waals surface area contributed by atoms with Crippen LogP contribution in [-0.2, 0) is 0 Å². The van der Waals surface area contributed by atoms with Crippen molar-refractivity contribution in [2.75, 3.05) is 26.7 Å². The van der Waals surface area contributed by atoms with Gasteiger partial charge >= 0.3 is 0 Å². The number of piperidine rings is 3. The van der Waals surface area contributed by atoms with Crippen molar-refractivity contribution < 1.29 is 14.2 Å². The number of aryl methyl sites for hydroxylation is 1. The van der Waals surface area contributed by atoms with Gasteiger partial charge in [0.2, 0.25) is 0 Å². The van der Waals surface area contributed by atoms with Crippen molar-refractivity contribution in [1.29, 1.82) is 0 Å². The Bertz CT molecular complexity index is 858. The van der Waals surface area contributed by atoms with Gasteiger partial charge in [0, 0.05) is 18.5 Å². The van der Waals surface area contributed by atoms with Crippen LogP contribution in [0.5, 0.6) is 5.75 Å².